The van der Waals surface area contributed by atoms with E-state index in [1.165, 1.54) is 33.4 Å². The van der Waals surface area contributed by atoms with Gasteiger partial charge < -0.3 is 14.2 Å². The second kappa shape index (κ2) is 35.2. The van der Waals surface area contributed by atoms with E-state index in [4.69, 9.17) is 14.2 Å². The van der Waals surface area contributed by atoms with Gasteiger partial charge in [0.05, 0.1) is 0 Å². The highest BCUT2D eigenvalue weighted by Gasteiger charge is 2.26. The fraction of sp³-hybridized carbons (Fsp3) is 0.400. The number of nitrogens with zero attached hydrogens (tertiary/aromatic N) is 3. The van der Waals surface area contributed by atoms with Crippen LogP contribution in [0.4, 0.5) is 0 Å². The molecule has 6 aromatic rings. The molecule has 9 nitrogen and oxygen atoms in total. The van der Waals surface area contributed by atoms with Gasteiger partial charge in [-0.1, -0.05) is 205 Å². The number of esters is 3. The van der Waals surface area contributed by atoms with Crippen molar-refractivity contribution in [2.45, 2.75) is 137 Å². The van der Waals surface area contributed by atoms with Crippen LogP contribution in [0.3, 0.4) is 0 Å². The van der Waals surface area contributed by atoms with Crippen LogP contribution in [0, 0.1) is 17.8 Å². The van der Waals surface area contributed by atoms with Crippen LogP contribution < -0.4 is 0 Å². The molecule has 0 radical (unpaired) electrons. The zero-order chi connectivity index (χ0) is 59.3. The van der Waals surface area contributed by atoms with Gasteiger partial charge in [0, 0.05) is 56.0 Å². The van der Waals surface area contributed by atoms with Gasteiger partial charge in [-0.25, -0.2) is 14.4 Å². The lowest BCUT2D eigenvalue weighted by Gasteiger charge is -2.34. The quantitative estimate of drug-likeness (QED) is 0.104. The van der Waals surface area contributed by atoms with E-state index in [1.54, 1.807) is 18.2 Å². The monoisotopic (exact) mass is 1130 g/mol. The Balaban J connectivity index is 1.04. The first kappa shape index (κ1) is 64.4. The topological polar surface area (TPSA) is 88.6 Å². The molecule has 4 aliphatic rings. The predicted octanol–water partition coefficient (Wildman–Crippen LogP) is 15.3. The minimum absolute atomic E-state index is 0.0401. The molecule has 444 valence electrons. The molecule has 0 N–H and O–H groups in total. The van der Waals surface area contributed by atoms with E-state index in [0.29, 0.717) is 19.8 Å². The summed E-state index contributed by atoms with van der Waals surface area (Å²) < 4.78 is 18.0. The fourth-order valence-electron chi connectivity index (χ4n) is 11.2. The summed E-state index contributed by atoms with van der Waals surface area (Å²) in [4.78, 5) is 47.3. The zero-order valence-corrected chi connectivity index (χ0v) is 51.0. The summed E-state index contributed by atoms with van der Waals surface area (Å²) >= 11 is 0. The molecule has 0 unspecified atom stereocenters. The summed E-state index contributed by atoms with van der Waals surface area (Å²) in [6, 6.07) is 57.1. The molecule has 4 heterocycles. The molecule has 6 bridgehead atoms. The SMILES string of the molecule is CC(C)[C@H]1COC(=O)/C=C/c2ccc(cc2)CCCCN(Cc2ccccc2)[C@@H](C(C)C)COC(=O)/C=C/c2ccc(cc2)CCCCN(Cc2ccccc2)[C@@H](C(C)C)COC(=O)/C=C/c2ccc(cc2)CCCCN1Cc1ccccc1. The minimum Gasteiger partial charge on any atom is -0.461 e. The Labute approximate surface area is 503 Å². The van der Waals surface area contributed by atoms with Gasteiger partial charge in [0.1, 0.15) is 19.8 Å². The molecule has 0 aromatic heterocycles. The third kappa shape index (κ3) is 22.8. The molecule has 4 aliphatic heterocycles. The highest BCUT2D eigenvalue weighted by molar-refractivity contribution is 5.88. The summed E-state index contributed by atoms with van der Waals surface area (Å²) in [6.07, 6.45) is 19.0. The second-order valence-electron chi connectivity index (χ2n) is 23.8. The average molecular weight is 1130 g/mol. The van der Waals surface area contributed by atoms with E-state index in [-0.39, 0.29) is 53.8 Å². The van der Waals surface area contributed by atoms with E-state index in [2.05, 4.69) is 202 Å². The Morgan fingerprint density at radius 2 is 0.583 bits per heavy atom. The highest BCUT2D eigenvalue weighted by atomic mass is 16.5. The molecule has 3 atom stereocenters. The highest BCUT2D eigenvalue weighted by Crippen LogP contribution is 2.23. The van der Waals surface area contributed by atoms with Crippen LogP contribution in [-0.2, 0) is 67.5 Å². The van der Waals surface area contributed by atoms with Gasteiger partial charge >= 0.3 is 17.9 Å². The number of hydrogen-bond donors (Lipinski definition) is 0. The molecular weight excluding hydrogens is 1040 g/mol. The van der Waals surface area contributed by atoms with Crippen molar-refractivity contribution in [1.29, 1.82) is 0 Å². The number of rotatable bonds is 9. The Morgan fingerprint density at radius 1 is 0.333 bits per heavy atom. The van der Waals surface area contributed by atoms with Crippen LogP contribution in [0.5, 0.6) is 0 Å². The molecular formula is C75H93N3O6. The lowest BCUT2D eigenvalue weighted by Crippen LogP contribution is -2.43. The van der Waals surface area contributed by atoms with Crippen molar-refractivity contribution >= 4 is 36.1 Å². The van der Waals surface area contributed by atoms with Gasteiger partial charge in [-0.3, -0.25) is 14.7 Å². The normalized spacial score (nSPS) is 20.4. The van der Waals surface area contributed by atoms with Crippen molar-refractivity contribution in [2.75, 3.05) is 39.5 Å². The van der Waals surface area contributed by atoms with Crippen molar-refractivity contribution in [3.63, 3.8) is 0 Å². The molecule has 0 aliphatic carbocycles. The smallest absolute Gasteiger partial charge is 0.330 e. The number of carbonyl (C=O) groups is 3. The van der Waals surface area contributed by atoms with Gasteiger partial charge in [-0.15, -0.1) is 0 Å². The van der Waals surface area contributed by atoms with E-state index < -0.39 is 0 Å². The van der Waals surface area contributed by atoms with Crippen LogP contribution in [-0.4, -0.2) is 90.2 Å². The fourth-order valence-corrected chi connectivity index (χ4v) is 11.2. The number of carbonyl (C=O) groups excluding carboxylic acids is 3. The predicted molar refractivity (Wildman–Crippen MR) is 345 cm³/mol. The van der Waals surface area contributed by atoms with Gasteiger partial charge in [0.25, 0.3) is 0 Å². The summed E-state index contributed by atoms with van der Waals surface area (Å²) in [5, 5.41) is 0. The molecule has 0 saturated heterocycles. The Bertz CT molecular complexity index is 2620. The van der Waals surface area contributed by atoms with Crippen molar-refractivity contribution in [3.05, 3.63) is 232 Å². The molecule has 84 heavy (non-hydrogen) atoms. The third-order valence-corrected chi connectivity index (χ3v) is 16.2. The Hall–Kier alpha value is -7.17. The summed E-state index contributed by atoms with van der Waals surface area (Å²) in [6.45, 7) is 19.1. The number of hydrogen-bond acceptors (Lipinski definition) is 9. The number of ether oxygens (including phenoxy) is 3. The lowest BCUT2D eigenvalue weighted by molar-refractivity contribution is -0.141. The standard InChI is InChI=1S/C75H93N3O6/c1-58(2)70-55-82-73(79)46-43-64-37-33-62(34-38-64)23-17-20-50-77(53-68-27-12-8-13-28-68)72(60(5)6)57-84-75(81)48-45-66-41-35-63(36-42-66)24-18-21-51-78(54-69-29-14-9-15-30-69)71(59(3)4)56-83-74(80)47-44-65-39-31-61(32-40-65)22-16-19-49-76(70)52-67-25-10-7-11-26-67/h7-15,25-48,58-60,70-72H,16-24,49-57H2,1-6H3/b46-43+,47-44+,48-45+/t70-,71-,72-/m1/s1. The third-order valence-electron chi connectivity index (χ3n) is 16.2. The van der Waals surface area contributed by atoms with Gasteiger partial charge in [0.15, 0.2) is 0 Å². The Kier molecular flexibility index (Phi) is 27.0. The second-order valence-corrected chi connectivity index (χ2v) is 23.8. The first-order valence-electron chi connectivity index (χ1n) is 31.0. The van der Waals surface area contributed by atoms with Crippen molar-refractivity contribution in [3.8, 4) is 0 Å². The first-order chi connectivity index (χ1) is 40.8. The van der Waals surface area contributed by atoms with Gasteiger partial charge in [0.2, 0.25) is 0 Å². The molecule has 6 aromatic carbocycles. The number of aryl methyl sites for hydroxylation is 3. The maximum Gasteiger partial charge on any atom is 0.330 e. The molecule has 0 amide bonds. The van der Waals surface area contributed by atoms with Crippen LogP contribution >= 0.6 is 0 Å². The Morgan fingerprint density at radius 3 is 0.821 bits per heavy atom. The minimum atomic E-state index is -0.345. The van der Waals surface area contributed by atoms with Crippen molar-refractivity contribution < 1.29 is 28.6 Å². The van der Waals surface area contributed by atoms with Gasteiger partial charge in [-0.05, 0) is 163 Å². The van der Waals surface area contributed by atoms with Gasteiger partial charge in [-0.2, -0.15) is 0 Å². The van der Waals surface area contributed by atoms with E-state index in [0.717, 1.165) is 114 Å². The largest absolute Gasteiger partial charge is 0.461 e. The summed E-state index contributed by atoms with van der Waals surface area (Å²) in [5.41, 5.74) is 10.3. The molecule has 9 heteroatoms. The van der Waals surface area contributed by atoms with Crippen LogP contribution in [0.1, 0.15) is 130 Å². The van der Waals surface area contributed by atoms with Crippen LogP contribution in [0.15, 0.2) is 182 Å². The maximum atomic E-state index is 13.3. The number of fused-ring (bicyclic) bond motifs is 3. The maximum absolute atomic E-state index is 13.3. The molecule has 0 fully saturated rings. The van der Waals surface area contributed by atoms with Crippen molar-refractivity contribution in [1.82, 2.24) is 14.7 Å². The van der Waals surface area contributed by atoms with Crippen LogP contribution in [0.2, 0.25) is 0 Å². The average Bonchev–Trinajstić information content (AvgIpc) is 3.59. The van der Waals surface area contributed by atoms with E-state index >= 15 is 0 Å². The number of benzene rings is 6. The summed E-state index contributed by atoms with van der Waals surface area (Å²) in [5.74, 6) is -0.255. The van der Waals surface area contributed by atoms with Crippen molar-refractivity contribution in [2.24, 2.45) is 17.8 Å². The van der Waals surface area contributed by atoms with Crippen LogP contribution in [0.25, 0.3) is 18.2 Å². The van der Waals surface area contributed by atoms with E-state index in [9.17, 15) is 14.4 Å². The zero-order valence-electron chi connectivity index (χ0n) is 51.0. The lowest BCUT2D eigenvalue weighted by atomic mass is 10.0. The summed E-state index contributed by atoms with van der Waals surface area (Å²) in [7, 11) is 0. The first-order valence-corrected chi connectivity index (χ1v) is 31.0. The molecule has 0 saturated carbocycles. The van der Waals surface area contributed by atoms with E-state index in [1.807, 2.05) is 36.4 Å². The molecule has 10 rings (SSSR count). The molecule has 0 spiro atoms.